The highest BCUT2D eigenvalue weighted by Crippen LogP contribution is 2.12. The maximum atomic E-state index is 6.03. The zero-order chi connectivity index (χ0) is 20.9. The topological polar surface area (TPSA) is 76.8 Å². The number of nitrogens with two attached hydrogens (primary N) is 2. The zero-order valence-electron chi connectivity index (χ0n) is 16.8. The molecule has 0 bridgehead atoms. The molecule has 2 aromatic carbocycles. The SMILES string of the molecule is C.NC(=NCCCCCCCCCN=C(N)c1ccc(Br)cc1)c1ccc(Br)cc1. The monoisotopic (exact) mass is 536 g/mol. The van der Waals surface area contributed by atoms with Gasteiger partial charge in [-0.05, 0) is 37.1 Å². The van der Waals surface area contributed by atoms with Crippen molar-refractivity contribution in [2.45, 2.75) is 52.4 Å². The number of halogens is 2. The molecule has 0 atom stereocenters. The fourth-order valence-corrected chi connectivity index (χ4v) is 3.46. The molecule has 30 heavy (non-hydrogen) atoms. The van der Waals surface area contributed by atoms with Crippen molar-refractivity contribution in [2.75, 3.05) is 13.1 Å². The number of hydrogen-bond donors (Lipinski definition) is 2. The lowest BCUT2D eigenvalue weighted by Gasteiger charge is -2.03. The fourth-order valence-electron chi connectivity index (χ4n) is 2.93. The molecule has 4 nitrogen and oxygen atoms in total. The number of amidine groups is 2. The van der Waals surface area contributed by atoms with Gasteiger partial charge < -0.3 is 11.5 Å². The molecule has 0 unspecified atom stereocenters. The van der Waals surface area contributed by atoms with Gasteiger partial charge in [-0.3, -0.25) is 9.98 Å². The van der Waals surface area contributed by atoms with Crippen molar-refractivity contribution in [2.24, 2.45) is 21.5 Å². The van der Waals surface area contributed by atoms with E-state index >= 15 is 0 Å². The van der Waals surface area contributed by atoms with Crippen molar-refractivity contribution in [3.63, 3.8) is 0 Å². The van der Waals surface area contributed by atoms with Gasteiger partial charge in [0.2, 0.25) is 0 Å². The Morgan fingerprint density at radius 2 is 0.867 bits per heavy atom. The van der Waals surface area contributed by atoms with E-state index in [2.05, 4.69) is 41.8 Å². The molecule has 0 amide bonds. The van der Waals surface area contributed by atoms with Gasteiger partial charge in [0, 0.05) is 33.2 Å². The molecule has 0 saturated carbocycles. The first-order valence-electron chi connectivity index (χ1n) is 10.2. The second-order valence-corrected chi connectivity index (χ2v) is 8.85. The first-order chi connectivity index (χ1) is 14.1. The van der Waals surface area contributed by atoms with Crippen LogP contribution in [0.5, 0.6) is 0 Å². The third-order valence-electron chi connectivity index (χ3n) is 4.66. The maximum Gasteiger partial charge on any atom is 0.125 e. The van der Waals surface area contributed by atoms with Crippen molar-refractivity contribution in [1.82, 2.24) is 0 Å². The first-order valence-corrected chi connectivity index (χ1v) is 11.8. The van der Waals surface area contributed by atoms with Crippen molar-refractivity contribution < 1.29 is 0 Å². The number of aliphatic imine (C=N–C) groups is 2. The molecule has 0 aromatic heterocycles. The summed E-state index contributed by atoms with van der Waals surface area (Å²) in [7, 11) is 0. The van der Waals surface area contributed by atoms with Crippen LogP contribution in [-0.2, 0) is 0 Å². The van der Waals surface area contributed by atoms with E-state index in [1.165, 1.54) is 32.1 Å². The van der Waals surface area contributed by atoms with Gasteiger partial charge in [0.05, 0.1) is 0 Å². The average molecular weight is 538 g/mol. The highest BCUT2D eigenvalue weighted by atomic mass is 79.9. The molecule has 0 aliphatic rings. The second kappa shape index (κ2) is 15.2. The van der Waals surface area contributed by atoms with Crippen LogP contribution < -0.4 is 11.5 Å². The normalized spacial score (nSPS) is 11.9. The lowest BCUT2D eigenvalue weighted by atomic mass is 10.1. The molecule has 164 valence electrons. The summed E-state index contributed by atoms with van der Waals surface area (Å²) in [5.41, 5.74) is 14.0. The van der Waals surface area contributed by atoms with Gasteiger partial charge in [0.15, 0.2) is 0 Å². The smallest absolute Gasteiger partial charge is 0.125 e. The van der Waals surface area contributed by atoms with Crippen LogP contribution in [0.2, 0.25) is 0 Å². The summed E-state index contributed by atoms with van der Waals surface area (Å²) in [5, 5.41) is 0. The van der Waals surface area contributed by atoms with Crippen LogP contribution in [0.4, 0.5) is 0 Å². The van der Waals surface area contributed by atoms with Crippen LogP contribution in [0.1, 0.15) is 63.5 Å². The number of benzene rings is 2. The molecule has 0 aliphatic carbocycles. The quantitative estimate of drug-likeness (QED) is 0.180. The van der Waals surface area contributed by atoms with Gasteiger partial charge in [-0.2, -0.15) is 0 Å². The number of unbranched alkanes of at least 4 members (excludes halogenated alkanes) is 6. The Labute approximate surface area is 198 Å². The van der Waals surface area contributed by atoms with E-state index in [-0.39, 0.29) is 7.43 Å². The van der Waals surface area contributed by atoms with Crippen LogP contribution in [0, 0.1) is 0 Å². The molecule has 0 saturated heterocycles. The van der Waals surface area contributed by atoms with Crippen LogP contribution >= 0.6 is 31.9 Å². The number of rotatable bonds is 12. The average Bonchev–Trinajstić information content (AvgIpc) is 2.72. The standard InChI is InChI=1S/C23H30Br2N4.CH4/c24-20-12-8-18(9-13-20)22(26)28-16-6-4-2-1-3-5-7-17-29-23(27)19-10-14-21(25)15-11-19;/h8-15H,1-7,16-17H2,(H2,26,28)(H2,27,29);1H4. The lowest BCUT2D eigenvalue weighted by molar-refractivity contribution is 0.585. The van der Waals surface area contributed by atoms with Gasteiger partial charge in [0.1, 0.15) is 11.7 Å². The van der Waals surface area contributed by atoms with E-state index in [1.807, 2.05) is 48.5 Å². The molecule has 0 radical (unpaired) electrons. The second-order valence-electron chi connectivity index (χ2n) is 7.02. The van der Waals surface area contributed by atoms with Crippen molar-refractivity contribution >= 4 is 43.5 Å². The minimum Gasteiger partial charge on any atom is -0.384 e. The summed E-state index contributed by atoms with van der Waals surface area (Å²) >= 11 is 6.85. The Morgan fingerprint density at radius 1 is 0.567 bits per heavy atom. The van der Waals surface area contributed by atoms with Crippen molar-refractivity contribution in [3.05, 3.63) is 68.6 Å². The van der Waals surface area contributed by atoms with Gasteiger partial charge >= 0.3 is 0 Å². The van der Waals surface area contributed by atoms with Crippen LogP contribution in [0.25, 0.3) is 0 Å². The van der Waals surface area contributed by atoms with E-state index in [4.69, 9.17) is 11.5 Å². The van der Waals surface area contributed by atoms with E-state index in [1.54, 1.807) is 0 Å². The fraction of sp³-hybridized carbons (Fsp3) is 0.417. The Bertz CT molecular complexity index is 716. The van der Waals surface area contributed by atoms with Gasteiger partial charge in [-0.1, -0.05) is 95.7 Å². The highest BCUT2D eigenvalue weighted by molar-refractivity contribution is 9.10. The Hall–Kier alpha value is -1.66. The summed E-state index contributed by atoms with van der Waals surface area (Å²) in [6.45, 7) is 1.60. The molecule has 2 rings (SSSR count). The first kappa shape index (κ1) is 26.4. The molecule has 0 spiro atoms. The van der Waals surface area contributed by atoms with E-state index in [9.17, 15) is 0 Å². The predicted octanol–water partition coefficient (Wildman–Crippen LogP) is 6.69. The minimum absolute atomic E-state index is 0. The van der Waals surface area contributed by atoms with Crippen molar-refractivity contribution in [3.8, 4) is 0 Å². The third kappa shape index (κ3) is 10.4. The largest absolute Gasteiger partial charge is 0.384 e. The summed E-state index contributed by atoms with van der Waals surface area (Å²) in [4.78, 5) is 8.96. The molecule has 6 heteroatoms. The Balaban J connectivity index is 0.00000450. The minimum atomic E-state index is 0. The maximum absolute atomic E-state index is 6.03. The molecule has 0 heterocycles. The molecular formula is C24H34Br2N4. The van der Waals surface area contributed by atoms with E-state index in [0.29, 0.717) is 11.7 Å². The third-order valence-corrected chi connectivity index (χ3v) is 5.72. The summed E-state index contributed by atoms with van der Waals surface area (Å²) in [5.74, 6) is 1.25. The lowest BCUT2D eigenvalue weighted by Crippen LogP contribution is -2.13. The summed E-state index contributed by atoms with van der Waals surface area (Å²) in [6.07, 6.45) is 8.34. The summed E-state index contributed by atoms with van der Waals surface area (Å²) in [6, 6.07) is 15.9. The predicted molar refractivity (Wildman–Crippen MR) is 139 cm³/mol. The van der Waals surface area contributed by atoms with Crippen LogP contribution in [-0.4, -0.2) is 24.8 Å². The highest BCUT2D eigenvalue weighted by Gasteiger charge is 1.99. The number of hydrogen-bond acceptors (Lipinski definition) is 2. The zero-order valence-corrected chi connectivity index (χ0v) is 20.0. The van der Waals surface area contributed by atoms with Crippen molar-refractivity contribution in [1.29, 1.82) is 0 Å². The molecular weight excluding hydrogens is 504 g/mol. The van der Waals surface area contributed by atoms with Gasteiger partial charge in [-0.15, -0.1) is 0 Å². The summed E-state index contributed by atoms with van der Waals surface area (Å²) < 4.78 is 2.10. The Morgan fingerprint density at radius 3 is 1.20 bits per heavy atom. The van der Waals surface area contributed by atoms with Gasteiger partial charge in [-0.25, -0.2) is 0 Å². The van der Waals surface area contributed by atoms with E-state index in [0.717, 1.165) is 46.0 Å². The molecule has 0 fully saturated rings. The molecule has 2 aromatic rings. The van der Waals surface area contributed by atoms with Gasteiger partial charge in [0.25, 0.3) is 0 Å². The van der Waals surface area contributed by atoms with Crippen LogP contribution in [0.3, 0.4) is 0 Å². The molecule has 0 aliphatic heterocycles. The van der Waals surface area contributed by atoms with E-state index < -0.39 is 0 Å². The number of nitrogens with zero attached hydrogens (tertiary/aromatic N) is 2. The Kier molecular flexibility index (Phi) is 13.4. The molecule has 4 N–H and O–H groups in total. The van der Waals surface area contributed by atoms with Crippen LogP contribution in [0.15, 0.2) is 67.5 Å².